The molecule has 2 aromatic carbocycles. The lowest BCUT2D eigenvalue weighted by molar-refractivity contribution is -0.115. The average molecular weight is 300 g/mol. The molecule has 0 unspecified atom stereocenters. The van der Waals surface area contributed by atoms with Gasteiger partial charge in [0, 0.05) is 18.8 Å². The largest absolute Gasteiger partial charge is 0.489 e. The molecule has 0 aliphatic carbocycles. The fourth-order valence-corrected chi connectivity index (χ4v) is 2.47. The molecule has 0 aromatic heterocycles. The highest BCUT2D eigenvalue weighted by Crippen LogP contribution is 2.33. The van der Waals surface area contributed by atoms with Crippen LogP contribution < -0.4 is 15.0 Å². The van der Waals surface area contributed by atoms with E-state index >= 15 is 0 Å². The van der Waals surface area contributed by atoms with Crippen LogP contribution in [0.1, 0.15) is 5.56 Å². The molecule has 1 heterocycles. The van der Waals surface area contributed by atoms with Gasteiger partial charge in [-0.05, 0) is 29.8 Å². The Morgan fingerprint density at radius 2 is 2.18 bits per heavy atom. The van der Waals surface area contributed by atoms with E-state index in [2.05, 4.69) is 10.2 Å². The molecule has 0 fully saturated rings. The highest BCUT2D eigenvalue weighted by molar-refractivity contribution is 5.92. The normalized spacial score (nSPS) is 13.3. The zero-order valence-corrected chi connectivity index (χ0v) is 12.3. The SMILES string of the molecule is CN1CCOc2cc(NC(=O)Cc3cccc(F)c3)ccc21. The first-order chi connectivity index (χ1) is 10.6. The summed E-state index contributed by atoms with van der Waals surface area (Å²) in [5.41, 5.74) is 2.33. The molecule has 0 spiro atoms. The molecule has 1 amide bonds. The molecule has 0 saturated heterocycles. The second-order valence-electron chi connectivity index (χ2n) is 5.31. The molecule has 4 nitrogen and oxygen atoms in total. The quantitative estimate of drug-likeness (QED) is 0.947. The number of benzene rings is 2. The van der Waals surface area contributed by atoms with E-state index in [-0.39, 0.29) is 18.1 Å². The lowest BCUT2D eigenvalue weighted by Gasteiger charge is -2.27. The average Bonchev–Trinajstić information content (AvgIpc) is 2.47. The van der Waals surface area contributed by atoms with Crippen molar-refractivity contribution in [3.05, 3.63) is 53.8 Å². The van der Waals surface area contributed by atoms with Crippen molar-refractivity contribution in [3.63, 3.8) is 0 Å². The molecule has 5 heteroatoms. The Labute approximate surface area is 128 Å². The number of carbonyl (C=O) groups is 1. The number of ether oxygens (including phenoxy) is 1. The molecule has 0 saturated carbocycles. The first kappa shape index (κ1) is 14.4. The number of nitrogens with zero attached hydrogens (tertiary/aromatic N) is 1. The van der Waals surface area contributed by atoms with Crippen molar-refractivity contribution < 1.29 is 13.9 Å². The van der Waals surface area contributed by atoms with Crippen LogP contribution in [0.4, 0.5) is 15.8 Å². The lowest BCUT2D eigenvalue weighted by Crippen LogP contribution is -2.28. The van der Waals surface area contributed by atoms with Crippen LogP contribution in [0.2, 0.25) is 0 Å². The first-order valence-electron chi connectivity index (χ1n) is 7.14. The van der Waals surface area contributed by atoms with Crippen LogP contribution in [-0.2, 0) is 11.2 Å². The summed E-state index contributed by atoms with van der Waals surface area (Å²) in [6.45, 7) is 1.47. The lowest BCUT2D eigenvalue weighted by atomic mass is 10.1. The summed E-state index contributed by atoms with van der Waals surface area (Å²) >= 11 is 0. The Morgan fingerprint density at radius 3 is 3.00 bits per heavy atom. The summed E-state index contributed by atoms with van der Waals surface area (Å²) in [6.07, 6.45) is 0.135. The van der Waals surface area contributed by atoms with Crippen molar-refractivity contribution >= 4 is 17.3 Å². The summed E-state index contributed by atoms with van der Waals surface area (Å²) in [6, 6.07) is 11.6. The van der Waals surface area contributed by atoms with Gasteiger partial charge in [-0.3, -0.25) is 4.79 Å². The van der Waals surface area contributed by atoms with E-state index in [4.69, 9.17) is 4.74 Å². The summed E-state index contributed by atoms with van der Waals surface area (Å²) in [7, 11) is 2.00. The monoisotopic (exact) mass is 300 g/mol. The Kier molecular flexibility index (Phi) is 3.96. The smallest absolute Gasteiger partial charge is 0.228 e. The predicted molar refractivity (Wildman–Crippen MR) is 83.9 cm³/mol. The third-order valence-electron chi connectivity index (χ3n) is 3.59. The zero-order chi connectivity index (χ0) is 15.5. The number of hydrogen-bond acceptors (Lipinski definition) is 3. The first-order valence-corrected chi connectivity index (χ1v) is 7.14. The van der Waals surface area contributed by atoms with E-state index in [1.807, 2.05) is 25.2 Å². The van der Waals surface area contributed by atoms with Crippen molar-refractivity contribution in [3.8, 4) is 5.75 Å². The summed E-state index contributed by atoms with van der Waals surface area (Å²) in [4.78, 5) is 14.1. The molecular weight excluding hydrogens is 283 g/mol. The number of hydrogen-bond donors (Lipinski definition) is 1. The van der Waals surface area contributed by atoms with Crippen molar-refractivity contribution in [1.29, 1.82) is 0 Å². The molecule has 3 rings (SSSR count). The Balaban J connectivity index is 1.69. The number of rotatable bonds is 3. The minimum absolute atomic E-state index is 0.135. The summed E-state index contributed by atoms with van der Waals surface area (Å²) in [5, 5.41) is 2.81. The van der Waals surface area contributed by atoms with Crippen LogP contribution in [-0.4, -0.2) is 26.1 Å². The zero-order valence-electron chi connectivity index (χ0n) is 12.3. The number of fused-ring (bicyclic) bond motifs is 1. The third-order valence-corrected chi connectivity index (χ3v) is 3.59. The fourth-order valence-electron chi connectivity index (χ4n) is 2.47. The summed E-state index contributed by atoms with van der Waals surface area (Å²) < 4.78 is 18.7. The van der Waals surface area contributed by atoms with Crippen LogP contribution in [0.3, 0.4) is 0 Å². The molecule has 1 aliphatic heterocycles. The number of nitrogens with one attached hydrogen (secondary N) is 1. The topological polar surface area (TPSA) is 41.6 Å². The number of likely N-dealkylation sites (N-methyl/N-ethyl adjacent to an activating group) is 1. The van der Waals surface area contributed by atoms with Crippen molar-refractivity contribution in [2.75, 3.05) is 30.4 Å². The van der Waals surface area contributed by atoms with E-state index < -0.39 is 0 Å². The van der Waals surface area contributed by atoms with Gasteiger partial charge in [0.25, 0.3) is 0 Å². The molecule has 0 atom stereocenters. The van der Waals surface area contributed by atoms with Gasteiger partial charge in [0.05, 0.1) is 18.7 Å². The summed E-state index contributed by atoms with van der Waals surface area (Å²) in [5.74, 6) is 0.238. The maximum atomic E-state index is 13.1. The fraction of sp³-hybridized carbons (Fsp3) is 0.235. The molecule has 0 radical (unpaired) electrons. The maximum absolute atomic E-state index is 13.1. The molecule has 2 aromatic rings. The van der Waals surface area contributed by atoms with Crippen LogP contribution in [0.15, 0.2) is 42.5 Å². The standard InChI is InChI=1S/C17H17FN2O2/c1-20-7-8-22-16-11-14(5-6-15(16)20)19-17(21)10-12-3-2-4-13(18)9-12/h2-6,9,11H,7-8,10H2,1H3,(H,19,21). The molecule has 0 bridgehead atoms. The maximum Gasteiger partial charge on any atom is 0.228 e. The third kappa shape index (κ3) is 3.19. The second-order valence-corrected chi connectivity index (χ2v) is 5.31. The predicted octanol–water partition coefficient (Wildman–Crippen LogP) is 2.84. The van der Waals surface area contributed by atoms with E-state index in [0.29, 0.717) is 17.9 Å². The highest BCUT2D eigenvalue weighted by atomic mass is 19.1. The highest BCUT2D eigenvalue weighted by Gasteiger charge is 2.15. The van der Waals surface area contributed by atoms with E-state index in [9.17, 15) is 9.18 Å². The van der Waals surface area contributed by atoms with Crippen molar-refractivity contribution in [1.82, 2.24) is 0 Å². The molecule has 22 heavy (non-hydrogen) atoms. The van der Waals surface area contributed by atoms with Gasteiger partial charge in [-0.25, -0.2) is 4.39 Å². The van der Waals surface area contributed by atoms with Crippen LogP contribution in [0, 0.1) is 5.82 Å². The van der Waals surface area contributed by atoms with Crippen LogP contribution >= 0.6 is 0 Å². The minimum Gasteiger partial charge on any atom is -0.489 e. The number of carbonyl (C=O) groups excluding carboxylic acids is 1. The van der Waals surface area contributed by atoms with Gasteiger partial charge in [0.15, 0.2) is 0 Å². The van der Waals surface area contributed by atoms with E-state index in [0.717, 1.165) is 18.0 Å². The van der Waals surface area contributed by atoms with Crippen molar-refractivity contribution in [2.45, 2.75) is 6.42 Å². The Hall–Kier alpha value is -2.56. The second kappa shape index (κ2) is 6.05. The molecule has 114 valence electrons. The van der Waals surface area contributed by atoms with Gasteiger partial charge in [-0.1, -0.05) is 12.1 Å². The van der Waals surface area contributed by atoms with E-state index in [1.54, 1.807) is 12.1 Å². The van der Waals surface area contributed by atoms with Gasteiger partial charge in [0.1, 0.15) is 18.2 Å². The number of anilines is 2. The van der Waals surface area contributed by atoms with Gasteiger partial charge >= 0.3 is 0 Å². The molecular formula is C17H17FN2O2. The van der Waals surface area contributed by atoms with Gasteiger partial charge < -0.3 is 15.0 Å². The van der Waals surface area contributed by atoms with Gasteiger partial charge in [-0.15, -0.1) is 0 Å². The van der Waals surface area contributed by atoms with Crippen LogP contribution in [0.5, 0.6) is 5.75 Å². The van der Waals surface area contributed by atoms with Crippen molar-refractivity contribution in [2.24, 2.45) is 0 Å². The van der Waals surface area contributed by atoms with E-state index in [1.165, 1.54) is 12.1 Å². The number of halogens is 1. The minimum atomic E-state index is -0.337. The van der Waals surface area contributed by atoms with Crippen LogP contribution in [0.25, 0.3) is 0 Å². The Bertz CT molecular complexity index is 703. The molecule has 1 aliphatic rings. The molecule has 1 N–H and O–H groups in total. The van der Waals surface area contributed by atoms with Gasteiger partial charge in [-0.2, -0.15) is 0 Å². The Morgan fingerprint density at radius 1 is 1.32 bits per heavy atom. The number of amides is 1. The van der Waals surface area contributed by atoms with Gasteiger partial charge in [0.2, 0.25) is 5.91 Å².